The molecule has 2 heterocycles. The maximum atomic E-state index is 12.2. The third kappa shape index (κ3) is 3.89. The van der Waals surface area contributed by atoms with Gasteiger partial charge >= 0.3 is 5.97 Å². The molecule has 0 spiro atoms. The van der Waals surface area contributed by atoms with Gasteiger partial charge in [0, 0.05) is 31.1 Å². The van der Waals surface area contributed by atoms with Gasteiger partial charge in [-0.15, -0.1) is 0 Å². The van der Waals surface area contributed by atoms with Crippen LogP contribution in [-0.4, -0.2) is 40.3 Å². The zero-order valence-corrected chi connectivity index (χ0v) is 12.9. The van der Waals surface area contributed by atoms with Gasteiger partial charge in [0.1, 0.15) is 10.9 Å². The first-order valence-electron chi connectivity index (χ1n) is 6.44. The second-order valence-electron chi connectivity index (χ2n) is 4.84. The maximum Gasteiger partial charge on any atom is 0.322 e. The molecule has 2 aromatic heterocycles. The Kier molecular flexibility index (Phi) is 4.57. The van der Waals surface area contributed by atoms with Crippen LogP contribution in [0.3, 0.4) is 0 Å². The summed E-state index contributed by atoms with van der Waals surface area (Å²) in [5.74, 6) is -1.27. The molecule has 0 bridgehead atoms. The molecule has 2 aromatic rings. The second kappa shape index (κ2) is 6.24. The fourth-order valence-electron chi connectivity index (χ4n) is 1.89. The Morgan fingerprint density at radius 2 is 2.18 bits per heavy atom. The highest BCUT2D eigenvalue weighted by molar-refractivity contribution is 7.89. The molecule has 0 amide bonds. The van der Waals surface area contributed by atoms with Gasteiger partial charge in [0.25, 0.3) is 0 Å². The Bertz CT molecular complexity index is 785. The third-order valence-electron chi connectivity index (χ3n) is 2.95. The van der Waals surface area contributed by atoms with Gasteiger partial charge in [0.05, 0.1) is 6.20 Å². The van der Waals surface area contributed by atoms with Crippen LogP contribution in [0, 0.1) is 6.92 Å². The number of carboxylic acid groups (broad SMARTS) is 1. The highest BCUT2D eigenvalue weighted by Crippen LogP contribution is 2.09. The van der Waals surface area contributed by atoms with E-state index in [9.17, 15) is 18.3 Å². The summed E-state index contributed by atoms with van der Waals surface area (Å²) in [6, 6.07) is 3.87. The lowest BCUT2D eigenvalue weighted by Crippen LogP contribution is -2.42. The summed E-state index contributed by atoms with van der Waals surface area (Å²) in [5.41, 5.74) is 1.23. The molecular formula is C13H16N4O4S. The predicted octanol–water partition coefficient (Wildman–Crippen LogP) is 0.0977. The van der Waals surface area contributed by atoms with Crippen LogP contribution in [-0.2, 0) is 28.3 Å². The van der Waals surface area contributed by atoms with E-state index in [1.807, 2.05) is 0 Å². The molecule has 8 nitrogen and oxygen atoms in total. The molecule has 0 saturated heterocycles. The molecule has 0 fully saturated rings. The Morgan fingerprint density at radius 3 is 2.73 bits per heavy atom. The SMILES string of the molecule is Cc1cccc(CC(NS(=O)(=O)c2cnn(C)c2)C(=O)O)n1. The molecule has 118 valence electrons. The Morgan fingerprint density at radius 1 is 1.45 bits per heavy atom. The van der Waals surface area contributed by atoms with Crippen LogP contribution < -0.4 is 4.72 Å². The van der Waals surface area contributed by atoms with Crippen molar-refractivity contribution in [1.82, 2.24) is 19.5 Å². The quantitative estimate of drug-likeness (QED) is 0.779. The largest absolute Gasteiger partial charge is 0.480 e. The lowest BCUT2D eigenvalue weighted by atomic mass is 10.1. The summed E-state index contributed by atoms with van der Waals surface area (Å²) in [6.45, 7) is 1.78. The summed E-state index contributed by atoms with van der Waals surface area (Å²) >= 11 is 0. The molecule has 22 heavy (non-hydrogen) atoms. The molecule has 0 aliphatic carbocycles. The van der Waals surface area contributed by atoms with Crippen molar-refractivity contribution in [3.63, 3.8) is 0 Å². The molecule has 0 aromatic carbocycles. The van der Waals surface area contributed by atoms with Crippen molar-refractivity contribution in [3.8, 4) is 0 Å². The Labute approximate surface area is 127 Å². The Hall–Kier alpha value is -2.26. The van der Waals surface area contributed by atoms with Gasteiger partial charge in [0.2, 0.25) is 10.0 Å². The Balaban J connectivity index is 2.20. The molecule has 1 atom stereocenters. The fourth-order valence-corrected chi connectivity index (χ4v) is 3.07. The van der Waals surface area contributed by atoms with E-state index in [-0.39, 0.29) is 11.3 Å². The van der Waals surface area contributed by atoms with Crippen molar-refractivity contribution in [2.75, 3.05) is 0 Å². The number of sulfonamides is 1. The van der Waals surface area contributed by atoms with E-state index in [0.29, 0.717) is 5.69 Å². The van der Waals surface area contributed by atoms with Crippen LogP contribution in [0.2, 0.25) is 0 Å². The molecule has 0 radical (unpaired) electrons. The molecule has 0 saturated carbocycles. The number of carbonyl (C=O) groups is 1. The average molecular weight is 324 g/mol. The number of rotatable bonds is 6. The van der Waals surface area contributed by atoms with E-state index in [1.54, 1.807) is 32.2 Å². The molecule has 2 rings (SSSR count). The van der Waals surface area contributed by atoms with Crippen LogP contribution >= 0.6 is 0 Å². The summed E-state index contributed by atoms with van der Waals surface area (Å²) in [5, 5.41) is 13.0. The molecule has 0 aliphatic heterocycles. The summed E-state index contributed by atoms with van der Waals surface area (Å²) in [7, 11) is -2.38. The number of nitrogens with one attached hydrogen (secondary N) is 1. The van der Waals surface area contributed by atoms with Gasteiger partial charge in [-0.3, -0.25) is 14.5 Å². The van der Waals surface area contributed by atoms with Crippen LogP contribution in [0.5, 0.6) is 0 Å². The van der Waals surface area contributed by atoms with E-state index in [2.05, 4.69) is 14.8 Å². The lowest BCUT2D eigenvalue weighted by Gasteiger charge is -2.14. The van der Waals surface area contributed by atoms with Gasteiger partial charge in [-0.2, -0.15) is 9.82 Å². The maximum absolute atomic E-state index is 12.2. The molecular weight excluding hydrogens is 308 g/mol. The van der Waals surface area contributed by atoms with E-state index < -0.39 is 22.0 Å². The molecule has 1 unspecified atom stereocenters. The van der Waals surface area contributed by atoms with Crippen molar-refractivity contribution < 1.29 is 18.3 Å². The molecule has 0 aliphatic rings. The van der Waals surface area contributed by atoms with Crippen molar-refractivity contribution in [3.05, 3.63) is 42.0 Å². The smallest absolute Gasteiger partial charge is 0.322 e. The third-order valence-corrected chi connectivity index (χ3v) is 4.37. The first-order chi connectivity index (χ1) is 10.3. The highest BCUT2D eigenvalue weighted by atomic mass is 32.2. The van der Waals surface area contributed by atoms with Crippen molar-refractivity contribution in [1.29, 1.82) is 0 Å². The van der Waals surface area contributed by atoms with E-state index in [0.717, 1.165) is 11.9 Å². The van der Waals surface area contributed by atoms with Crippen LogP contribution in [0.15, 0.2) is 35.5 Å². The number of hydrogen-bond donors (Lipinski definition) is 2. The van der Waals surface area contributed by atoms with E-state index in [4.69, 9.17) is 0 Å². The number of hydrogen-bond acceptors (Lipinski definition) is 5. The van der Waals surface area contributed by atoms with Gasteiger partial charge in [-0.05, 0) is 19.1 Å². The van der Waals surface area contributed by atoms with Crippen molar-refractivity contribution in [2.24, 2.45) is 7.05 Å². The zero-order chi connectivity index (χ0) is 16.3. The van der Waals surface area contributed by atoms with Crippen LogP contribution in [0.4, 0.5) is 0 Å². The van der Waals surface area contributed by atoms with Gasteiger partial charge in [-0.1, -0.05) is 6.07 Å². The number of aryl methyl sites for hydroxylation is 2. The summed E-state index contributed by atoms with van der Waals surface area (Å²) < 4.78 is 27.8. The van der Waals surface area contributed by atoms with E-state index in [1.165, 1.54) is 10.9 Å². The predicted molar refractivity (Wildman–Crippen MR) is 77.6 cm³/mol. The minimum absolute atomic E-state index is 0.0451. The molecule has 9 heteroatoms. The number of aromatic nitrogens is 3. The van der Waals surface area contributed by atoms with Gasteiger partial charge in [0.15, 0.2) is 0 Å². The van der Waals surface area contributed by atoms with Crippen LogP contribution in [0.1, 0.15) is 11.4 Å². The zero-order valence-electron chi connectivity index (χ0n) is 12.1. The highest BCUT2D eigenvalue weighted by Gasteiger charge is 2.27. The van der Waals surface area contributed by atoms with Gasteiger partial charge in [-0.25, -0.2) is 8.42 Å². The first kappa shape index (κ1) is 16.1. The van der Waals surface area contributed by atoms with E-state index >= 15 is 0 Å². The van der Waals surface area contributed by atoms with Crippen molar-refractivity contribution >= 4 is 16.0 Å². The normalized spacial score (nSPS) is 13.0. The second-order valence-corrected chi connectivity index (χ2v) is 6.55. The minimum atomic E-state index is -3.96. The topological polar surface area (TPSA) is 114 Å². The average Bonchev–Trinajstić information content (AvgIpc) is 2.85. The number of nitrogens with zero attached hydrogens (tertiary/aromatic N) is 3. The minimum Gasteiger partial charge on any atom is -0.480 e. The molecule has 2 N–H and O–H groups in total. The summed E-state index contributed by atoms with van der Waals surface area (Å²) in [4.78, 5) is 15.4. The number of pyridine rings is 1. The number of carboxylic acids is 1. The fraction of sp³-hybridized carbons (Fsp3) is 0.308. The standard InChI is InChI=1S/C13H16N4O4S/c1-9-4-3-5-10(15-9)6-12(13(18)19)16-22(20,21)11-7-14-17(2)8-11/h3-5,7-8,12,16H,6H2,1-2H3,(H,18,19). The summed E-state index contributed by atoms with van der Waals surface area (Å²) in [6.07, 6.45) is 2.41. The first-order valence-corrected chi connectivity index (χ1v) is 7.92. The number of aliphatic carboxylic acids is 1. The van der Waals surface area contributed by atoms with Gasteiger partial charge < -0.3 is 5.11 Å². The van der Waals surface area contributed by atoms with Crippen LogP contribution in [0.25, 0.3) is 0 Å². The van der Waals surface area contributed by atoms with Crippen molar-refractivity contribution in [2.45, 2.75) is 24.3 Å². The lowest BCUT2D eigenvalue weighted by molar-refractivity contribution is -0.138. The monoisotopic (exact) mass is 324 g/mol.